The molecule has 2 aromatic rings. The number of nitrogens with one attached hydrogen (secondary N) is 1. The Labute approximate surface area is 181 Å². The minimum absolute atomic E-state index is 0.0303. The molecule has 2 rings (SSSR count). The monoisotopic (exact) mass is 454 g/mol. The van der Waals surface area contributed by atoms with E-state index in [9.17, 15) is 17.6 Å². The van der Waals surface area contributed by atoms with Crippen LogP contribution in [0.3, 0.4) is 0 Å². The molecule has 0 aliphatic carbocycles. The van der Waals surface area contributed by atoms with Crippen molar-refractivity contribution in [3.63, 3.8) is 0 Å². The first-order chi connectivity index (χ1) is 14.2. The average molecular weight is 455 g/mol. The van der Waals surface area contributed by atoms with Gasteiger partial charge in [0.2, 0.25) is 5.91 Å². The van der Waals surface area contributed by atoms with Gasteiger partial charge in [-0.1, -0.05) is 6.07 Å². The molecule has 2 aromatic carbocycles. The van der Waals surface area contributed by atoms with Gasteiger partial charge in [-0.3, -0.25) is 9.10 Å². The van der Waals surface area contributed by atoms with Crippen molar-refractivity contribution in [2.45, 2.75) is 36.2 Å². The Morgan fingerprint density at radius 1 is 1.20 bits per heavy atom. The van der Waals surface area contributed by atoms with Crippen molar-refractivity contribution < 1.29 is 22.3 Å². The topological polar surface area (TPSA) is 75.7 Å². The molecule has 6 nitrogen and oxygen atoms in total. The molecule has 9 heteroatoms. The first-order valence-corrected chi connectivity index (χ1v) is 12.2. The van der Waals surface area contributed by atoms with Crippen LogP contribution in [0.5, 0.6) is 0 Å². The van der Waals surface area contributed by atoms with Crippen LogP contribution in [0.1, 0.15) is 20.3 Å². The predicted molar refractivity (Wildman–Crippen MR) is 118 cm³/mol. The Morgan fingerprint density at radius 3 is 2.50 bits per heavy atom. The van der Waals surface area contributed by atoms with Gasteiger partial charge in [0, 0.05) is 18.0 Å². The Bertz CT molecular complexity index is 934. The maximum Gasteiger partial charge on any atom is 0.264 e. The number of benzene rings is 2. The highest BCUT2D eigenvalue weighted by Gasteiger charge is 2.27. The van der Waals surface area contributed by atoms with Crippen molar-refractivity contribution in [1.29, 1.82) is 0 Å². The summed E-state index contributed by atoms with van der Waals surface area (Å²) < 4.78 is 46.6. The van der Waals surface area contributed by atoms with Crippen LogP contribution in [0.15, 0.2) is 58.3 Å². The van der Waals surface area contributed by atoms with Gasteiger partial charge < -0.3 is 10.1 Å². The second-order valence-electron chi connectivity index (χ2n) is 6.79. The van der Waals surface area contributed by atoms with E-state index in [-0.39, 0.29) is 16.7 Å². The highest BCUT2D eigenvalue weighted by Crippen LogP contribution is 2.25. The molecule has 0 heterocycles. The lowest BCUT2D eigenvalue weighted by molar-refractivity contribution is -0.119. The molecule has 0 spiro atoms. The van der Waals surface area contributed by atoms with Crippen molar-refractivity contribution in [2.24, 2.45) is 0 Å². The van der Waals surface area contributed by atoms with E-state index in [1.807, 2.05) is 20.1 Å². The number of thioether (sulfide) groups is 1. The third-order valence-electron chi connectivity index (χ3n) is 4.13. The first kappa shape index (κ1) is 24.2. The summed E-state index contributed by atoms with van der Waals surface area (Å²) in [5.41, 5.74) is 0.0854. The summed E-state index contributed by atoms with van der Waals surface area (Å²) in [5, 5.41) is 2.69. The maximum atomic E-state index is 13.8. The molecule has 30 heavy (non-hydrogen) atoms. The summed E-state index contributed by atoms with van der Waals surface area (Å²) in [6.45, 7) is 4.23. The molecule has 1 amide bonds. The summed E-state index contributed by atoms with van der Waals surface area (Å²) in [4.78, 5) is 13.4. The van der Waals surface area contributed by atoms with Crippen LogP contribution >= 0.6 is 11.8 Å². The van der Waals surface area contributed by atoms with Gasteiger partial charge in [0.15, 0.2) is 0 Å². The van der Waals surface area contributed by atoms with Crippen molar-refractivity contribution in [2.75, 3.05) is 30.3 Å². The predicted octanol–water partition coefficient (Wildman–Crippen LogP) is 3.67. The van der Waals surface area contributed by atoms with Gasteiger partial charge in [-0.2, -0.15) is 0 Å². The number of ether oxygens (including phenoxy) is 1. The van der Waals surface area contributed by atoms with Gasteiger partial charge in [0.05, 0.1) is 16.7 Å². The Kier molecular flexibility index (Phi) is 9.13. The van der Waals surface area contributed by atoms with Gasteiger partial charge >= 0.3 is 0 Å². The van der Waals surface area contributed by atoms with Crippen LogP contribution < -0.4 is 9.62 Å². The van der Waals surface area contributed by atoms with Crippen molar-refractivity contribution in [3.05, 3.63) is 54.3 Å². The minimum Gasteiger partial charge on any atom is -0.379 e. The number of hydrogen-bond donors (Lipinski definition) is 1. The minimum atomic E-state index is -4.07. The van der Waals surface area contributed by atoms with Crippen LogP contribution in [0, 0.1) is 5.82 Å². The van der Waals surface area contributed by atoms with E-state index in [2.05, 4.69) is 5.32 Å². The van der Waals surface area contributed by atoms with E-state index in [0.717, 1.165) is 15.3 Å². The number of halogens is 1. The van der Waals surface area contributed by atoms with Gasteiger partial charge in [-0.15, -0.1) is 11.8 Å². The number of hydrogen-bond acceptors (Lipinski definition) is 5. The molecule has 0 aliphatic rings. The van der Waals surface area contributed by atoms with Gasteiger partial charge in [0.1, 0.15) is 12.4 Å². The maximum absolute atomic E-state index is 13.8. The van der Waals surface area contributed by atoms with E-state index < -0.39 is 28.3 Å². The zero-order valence-corrected chi connectivity index (χ0v) is 18.9. The second-order valence-corrected chi connectivity index (χ2v) is 9.53. The zero-order chi connectivity index (χ0) is 22.1. The highest BCUT2D eigenvalue weighted by molar-refractivity contribution is 7.98. The number of sulfonamides is 1. The summed E-state index contributed by atoms with van der Waals surface area (Å²) in [5.74, 6) is -1.07. The van der Waals surface area contributed by atoms with E-state index in [4.69, 9.17) is 4.74 Å². The van der Waals surface area contributed by atoms with Crippen LogP contribution in [0.2, 0.25) is 0 Å². The lowest BCUT2D eigenvalue weighted by Crippen LogP contribution is -2.41. The van der Waals surface area contributed by atoms with E-state index >= 15 is 0 Å². The molecule has 0 atom stereocenters. The molecule has 1 N–H and O–H groups in total. The number of carbonyl (C=O) groups is 1. The molecule has 0 bridgehead atoms. The van der Waals surface area contributed by atoms with Gasteiger partial charge in [-0.05, 0) is 69.0 Å². The largest absolute Gasteiger partial charge is 0.379 e. The van der Waals surface area contributed by atoms with Crippen LogP contribution in [0.4, 0.5) is 10.1 Å². The lowest BCUT2D eigenvalue weighted by Gasteiger charge is -2.24. The van der Waals surface area contributed by atoms with Crippen molar-refractivity contribution in [3.8, 4) is 0 Å². The lowest BCUT2D eigenvalue weighted by atomic mass is 10.3. The molecule has 0 saturated heterocycles. The highest BCUT2D eigenvalue weighted by atomic mass is 32.2. The molecule has 0 unspecified atom stereocenters. The molecule has 0 aromatic heterocycles. The van der Waals surface area contributed by atoms with Crippen LogP contribution in [0.25, 0.3) is 0 Å². The molecule has 0 radical (unpaired) electrons. The SMILES string of the molecule is CSc1ccc(S(=O)(=O)N(CC(=O)NCCCOC(C)C)c2cccc(F)c2)cc1. The molecule has 164 valence electrons. The zero-order valence-electron chi connectivity index (χ0n) is 17.3. The fraction of sp³-hybridized carbons (Fsp3) is 0.381. The Hall–Kier alpha value is -2.10. The normalized spacial score (nSPS) is 11.5. The Morgan fingerprint density at radius 2 is 1.90 bits per heavy atom. The van der Waals surface area contributed by atoms with Crippen molar-refractivity contribution >= 4 is 33.4 Å². The molecular weight excluding hydrogens is 427 g/mol. The number of amides is 1. The van der Waals surface area contributed by atoms with Crippen molar-refractivity contribution in [1.82, 2.24) is 5.32 Å². The smallest absolute Gasteiger partial charge is 0.264 e. The van der Waals surface area contributed by atoms with Crippen LogP contribution in [-0.2, 0) is 19.6 Å². The molecule has 0 fully saturated rings. The first-order valence-electron chi connectivity index (χ1n) is 9.54. The second kappa shape index (κ2) is 11.3. The fourth-order valence-corrected chi connectivity index (χ4v) is 4.45. The third kappa shape index (κ3) is 7.00. The third-order valence-corrected chi connectivity index (χ3v) is 6.66. The van der Waals surface area contributed by atoms with E-state index in [0.29, 0.717) is 19.6 Å². The summed E-state index contributed by atoms with van der Waals surface area (Å²) >= 11 is 1.49. The molecule has 0 saturated carbocycles. The van der Waals surface area contributed by atoms with Gasteiger partial charge in [0.25, 0.3) is 10.0 Å². The molecular formula is C21H27FN2O4S2. The van der Waals surface area contributed by atoms with E-state index in [1.54, 1.807) is 12.1 Å². The number of nitrogens with zero attached hydrogens (tertiary/aromatic N) is 1. The summed E-state index contributed by atoms with van der Waals surface area (Å²) in [7, 11) is -4.07. The van der Waals surface area contributed by atoms with E-state index in [1.165, 1.54) is 42.1 Å². The quantitative estimate of drug-likeness (QED) is 0.414. The number of carbonyl (C=O) groups excluding carboxylic acids is 1. The standard InChI is InChI=1S/C21H27FN2O4S2/c1-16(2)28-13-5-12-23-21(25)15-24(18-7-4-6-17(22)14-18)30(26,27)20-10-8-19(29-3)9-11-20/h4,6-11,14,16H,5,12-13,15H2,1-3H3,(H,23,25). The molecule has 0 aliphatic heterocycles. The summed E-state index contributed by atoms with van der Waals surface area (Å²) in [6, 6.07) is 11.5. The van der Waals surface area contributed by atoms with Crippen LogP contribution in [-0.4, -0.2) is 46.4 Å². The number of rotatable bonds is 11. The fourth-order valence-electron chi connectivity index (χ4n) is 2.63. The summed E-state index contributed by atoms with van der Waals surface area (Å²) in [6.07, 6.45) is 2.60. The number of anilines is 1. The van der Waals surface area contributed by atoms with Gasteiger partial charge in [-0.25, -0.2) is 12.8 Å². The average Bonchev–Trinajstić information content (AvgIpc) is 2.71. The Balaban J connectivity index is 2.19.